The maximum Gasteiger partial charge on any atom is 0.0594 e. The summed E-state index contributed by atoms with van der Waals surface area (Å²) in [6, 6.07) is 8.88. The zero-order valence-electron chi connectivity index (χ0n) is 11.3. The molecule has 0 radical (unpaired) electrons. The number of nitrogens with one attached hydrogen (secondary N) is 1. The lowest BCUT2D eigenvalue weighted by Crippen LogP contribution is -2.22. The molecule has 1 aromatic carbocycles. The minimum Gasteiger partial charge on any atom is -0.378 e. The topological polar surface area (TPSA) is 34.1 Å². The molecular weight excluding hydrogens is 236 g/mol. The molecule has 0 aliphatic carbocycles. The third kappa shape index (κ3) is 2.62. The molecular formula is C16H20N2O. The van der Waals surface area contributed by atoms with Gasteiger partial charge in [0.1, 0.15) is 0 Å². The van der Waals surface area contributed by atoms with Gasteiger partial charge in [-0.3, -0.25) is 4.98 Å². The molecule has 0 bridgehead atoms. The number of benzene rings is 1. The monoisotopic (exact) mass is 256 g/mol. The Labute approximate surface area is 114 Å². The summed E-state index contributed by atoms with van der Waals surface area (Å²) in [5.41, 5.74) is 1.35. The zero-order valence-corrected chi connectivity index (χ0v) is 11.3. The average molecular weight is 256 g/mol. The van der Waals surface area contributed by atoms with Crippen LogP contribution in [0.4, 0.5) is 0 Å². The van der Waals surface area contributed by atoms with E-state index in [1.165, 1.54) is 29.2 Å². The van der Waals surface area contributed by atoms with Crippen LogP contribution in [0.5, 0.6) is 0 Å². The molecule has 0 amide bonds. The van der Waals surface area contributed by atoms with Gasteiger partial charge in [-0.25, -0.2) is 0 Å². The number of aromatic nitrogens is 1. The van der Waals surface area contributed by atoms with Crippen LogP contribution in [0.1, 0.15) is 30.9 Å². The highest BCUT2D eigenvalue weighted by Gasteiger charge is 2.21. The van der Waals surface area contributed by atoms with Crippen LogP contribution in [0.15, 0.2) is 36.7 Å². The van der Waals surface area contributed by atoms with E-state index in [9.17, 15) is 0 Å². The molecule has 0 saturated carbocycles. The van der Waals surface area contributed by atoms with E-state index in [0.29, 0.717) is 12.1 Å². The van der Waals surface area contributed by atoms with Crippen LogP contribution in [0.25, 0.3) is 10.8 Å². The molecule has 1 saturated heterocycles. The summed E-state index contributed by atoms with van der Waals surface area (Å²) >= 11 is 0. The van der Waals surface area contributed by atoms with Crippen LogP contribution in [0, 0.1) is 0 Å². The van der Waals surface area contributed by atoms with Crippen molar-refractivity contribution < 1.29 is 4.74 Å². The molecule has 2 aromatic rings. The molecule has 1 aliphatic heterocycles. The molecule has 1 N–H and O–H groups in total. The summed E-state index contributed by atoms with van der Waals surface area (Å²) in [5.74, 6) is 0. The van der Waals surface area contributed by atoms with Crippen molar-refractivity contribution >= 4 is 10.8 Å². The molecule has 100 valence electrons. The molecule has 1 aromatic heterocycles. The van der Waals surface area contributed by atoms with Gasteiger partial charge in [0.15, 0.2) is 0 Å². The Bertz CT molecular complexity index is 544. The largest absolute Gasteiger partial charge is 0.378 e. The van der Waals surface area contributed by atoms with Crippen molar-refractivity contribution in [2.24, 2.45) is 0 Å². The first-order valence-electron chi connectivity index (χ1n) is 7.00. The van der Waals surface area contributed by atoms with Crippen molar-refractivity contribution in [3.8, 4) is 0 Å². The first kappa shape index (κ1) is 12.6. The number of nitrogens with zero attached hydrogens (tertiary/aromatic N) is 1. The highest BCUT2D eigenvalue weighted by molar-refractivity contribution is 5.85. The van der Waals surface area contributed by atoms with Crippen molar-refractivity contribution in [1.82, 2.24) is 10.3 Å². The number of hydrogen-bond acceptors (Lipinski definition) is 3. The smallest absolute Gasteiger partial charge is 0.0594 e. The molecule has 19 heavy (non-hydrogen) atoms. The van der Waals surface area contributed by atoms with E-state index >= 15 is 0 Å². The molecule has 0 spiro atoms. The first-order chi connectivity index (χ1) is 9.38. The molecule has 3 nitrogen and oxygen atoms in total. The average Bonchev–Trinajstić information content (AvgIpc) is 2.97. The summed E-state index contributed by atoms with van der Waals surface area (Å²) < 4.78 is 5.77. The van der Waals surface area contributed by atoms with Gasteiger partial charge in [0.2, 0.25) is 0 Å². The quantitative estimate of drug-likeness (QED) is 0.913. The maximum atomic E-state index is 5.77. The number of rotatable bonds is 4. The first-order valence-corrected chi connectivity index (χ1v) is 7.00. The molecule has 3 rings (SSSR count). The van der Waals surface area contributed by atoms with Gasteiger partial charge in [-0.05, 0) is 43.3 Å². The summed E-state index contributed by atoms with van der Waals surface area (Å²) in [6.45, 7) is 0.917. The SMILES string of the molecule is CNC(CC1CCCO1)c1cccc2cnccc12. The Balaban J connectivity index is 1.91. The van der Waals surface area contributed by atoms with Crippen molar-refractivity contribution in [3.05, 3.63) is 42.2 Å². The Morgan fingerprint density at radius 3 is 3.16 bits per heavy atom. The number of ether oxygens (including phenoxy) is 1. The predicted octanol–water partition coefficient (Wildman–Crippen LogP) is 3.06. The summed E-state index contributed by atoms with van der Waals surface area (Å²) in [5, 5.41) is 5.93. The van der Waals surface area contributed by atoms with Gasteiger partial charge in [0, 0.05) is 30.4 Å². The molecule has 1 fully saturated rings. The Morgan fingerprint density at radius 1 is 1.42 bits per heavy atom. The van der Waals surface area contributed by atoms with Gasteiger partial charge in [-0.15, -0.1) is 0 Å². The van der Waals surface area contributed by atoms with Crippen LogP contribution >= 0.6 is 0 Å². The Morgan fingerprint density at radius 2 is 2.37 bits per heavy atom. The van der Waals surface area contributed by atoms with Gasteiger partial charge in [-0.1, -0.05) is 18.2 Å². The molecule has 3 heteroatoms. The van der Waals surface area contributed by atoms with E-state index in [4.69, 9.17) is 4.74 Å². The number of pyridine rings is 1. The molecule has 2 atom stereocenters. The Hall–Kier alpha value is -1.45. The highest BCUT2D eigenvalue weighted by atomic mass is 16.5. The van der Waals surface area contributed by atoms with E-state index in [-0.39, 0.29) is 0 Å². The van der Waals surface area contributed by atoms with Crippen molar-refractivity contribution in [1.29, 1.82) is 0 Å². The second-order valence-corrected chi connectivity index (χ2v) is 5.16. The lowest BCUT2D eigenvalue weighted by molar-refractivity contribution is 0.0955. The number of fused-ring (bicyclic) bond motifs is 1. The standard InChI is InChI=1S/C16H20N2O/c1-17-16(10-13-5-3-9-19-13)15-6-2-4-12-11-18-8-7-14(12)15/h2,4,6-8,11,13,16-17H,3,5,9-10H2,1H3. The summed E-state index contributed by atoms with van der Waals surface area (Å²) in [6.07, 6.45) is 7.61. The maximum absolute atomic E-state index is 5.77. The Kier molecular flexibility index (Phi) is 3.76. The molecule has 1 aliphatic rings. The van der Waals surface area contributed by atoms with Crippen molar-refractivity contribution in [2.75, 3.05) is 13.7 Å². The van der Waals surface area contributed by atoms with Crippen molar-refractivity contribution in [3.63, 3.8) is 0 Å². The van der Waals surface area contributed by atoms with Crippen LogP contribution < -0.4 is 5.32 Å². The fraction of sp³-hybridized carbons (Fsp3) is 0.438. The fourth-order valence-electron chi connectivity index (χ4n) is 2.94. The van der Waals surface area contributed by atoms with E-state index in [1.54, 1.807) is 0 Å². The van der Waals surface area contributed by atoms with E-state index in [2.05, 4.69) is 34.6 Å². The normalized spacial score (nSPS) is 20.8. The molecule has 2 heterocycles. The van der Waals surface area contributed by atoms with Crippen molar-refractivity contribution in [2.45, 2.75) is 31.4 Å². The third-order valence-corrected chi connectivity index (χ3v) is 3.96. The summed E-state index contributed by atoms with van der Waals surface area (Å²) in [7, 11) is 2.03. The minimum absolute atomic E-state index is 0.342. The predicted molar refractivity (Wildman–Crippen MR) is 77.1 cm³/mol. The van der Waals surface area contributed by atoms with Crippen LogP contribution in [-0.2, 0) is 4.74 Å². The van der Waals surface area contributed by atoms with Crippen LogP contribution in [0.3, 0.4) is 0 Å². The lowest BCUT2D eigenvalue weighted by Gasteiger charge is -2.21. The van der Waals surface area contributed by atoms with Crippen LogP contribution in [0.2, 0.25) is 0 Å². The second-order valence-electron chi connectivity index (χ2n) is 5.16. The van der Waals surface area contributed by atoms with E-state index in [1.807, 2.05) is 19.4 Å². The van der Waals surface area contributed by atoms with Gasteiger partial charge in [0.05, 0.1) is 6.10 Å². The third-order valence-electron chi connectivity index (χ3n) is 3.96. The summed E-state index contributed by atoms with van der Waals surface area (Å²) in [4.78, 5) is 4.20. The minimum atomic E-state index is 0.342. The number of hydrogen-bond donors (Lipinski definition) is 1. The highest BCUT2D eigenvalue weighted by Crippen LogP contribution is 2.29. The second kappa shape index (κ2) is 5.68. The fourth-order valence-corrected chi connectivity index (χ4v) is 2.94. The van der Waals surface area contributed by atoms with Gasteiger partial charge in [-0.2, -0.15) is 0 Å². The van der Waals surface area contributed by atoms with Gasteiger partial charge < -0.3 is 10.1 Å². The molecule has 2 unspecified atom stereocenters. The lowest BCUT2D eigenvalue weighted by atomic mass is 9.95. The van der Waals surface area contributed by atoms with E-state index < -0.39 is 0 Å². The van der Waals surface area contributed by atoms with Gasteiger partial charge >= 0.3 is 0 Å². The van der Waals surface area contributed by atoms with Crippen LogP contribution in [-0.4, -0.2) is 24.7 Å². The van der Waals surface area contributed by atoms with E-state index in [0.717, 1.165) is 13.0 Å². The van der Waals surface area contributed by atoms with Gasteiger partial charge in [0.25, 0.3) is 0 Å². The zero-order chi connectivity index (χ0) is 13.1.